The van der Waals surface area contributed by atoms with Crippen molar-refractivity contribution in [2.24, 2.45) is 14.1 Å². The molecule has 0 atom stereocenters. The Morgan fingerprint density at radius 3 is 1.41 bits per heavy atom. The average molecular weight is 345 g/mol. The molecule has 0 bridgehead atoms. The molecule has 3 aromatic rings. The quantitative estimate of drug-likeness (QED) is 0.587. The molecule has 0 saturated heterocycles. The second-order valence-corrected chi connectivity index (χ2v) is 7.33. The van der Waals surface area contributed by atoms with E-state index in [0.29, 0.717) is 0 Å². The van der Waals surface area contributed by atoms with Crippen molar-refractivity contribution in [1.82, 2.24) is 9.13 Å². The Labute approximate surface area is 144 Å². The molecule has 0 unspecified atom stereocenters. The van der Waals surface area contributed by atoms with Gasteiger partial charge in [-0.1, -0.05) is 59.9 Å². The van der Waals surface area contributed by atoms with Crippen molar-refractivity contribution in [3.05, 3.63) is 65.4 Å². The SMILES string of the molecule is Cn1c(Sc2ccccc2)c(Sc2ccccc2)n(C)c1=S. The van der Waals surface area contributed by atoms with Crippen molar-refractivity contribution >= 4 is 35.7 Å². The van der Waals surface area contributed by atoms with Crippen molar-refractivity contribution in [2.75, 3.05) is 0 Å². The Hall–Kier alpha value is -1.43. The first kappa shape index (κ1) is 15.5. The maximum atomic E-state index is 5.53. The van der Waals surface area contributed by atoms with Crippen molar-refractivity contribution in [2.45, 2.75) is 19.8 Å². The summed E-state index contributed by atoms with van der Waals surface area (Å²) in [5.74, 6) is 0. The lowest BCUT2D eigenvalue weighted by molar-refractivity contribution is 0.775. The summed E-state index contributed by atoms with van der Waals surface area (Å²) in [5.41, 5.74) is 0. The average Bonchev–Trinajstić information content (AvgIpc) is 2.75. The van der Waals surface area contributed by atoms with E-state index in [0.717, 1.165) is 4.77 Å². The fourth-order valence-electron chi connectivity index (χ4n) is 2.11. The molecule has 0 spiro atoms. The molecule has 0 amide bonds. The smallest absolute Gasteiger partial charge is 0.181 e. The number of benzene rings is 2. The van der Waals surface area contributed by atoms with E-state index in [-0.39, 0.29) is 0 Å². The van der Waals surface area contributed by atoms with Crippen LogP contribution in [0.1, 0.15) is 0 Å². The van der Waals surface area contributed by atoms with Gasteiger partial charge in [0.05, 0.1) is 0 Å². The van der Waals surface area contributed by atoms with Crippen LogP contribution >= 0.6 is 35.7 Å². The van der Waals surface area contributed by atoms with Gasteiger partial charge in [0.2, 0.25) is 0 Å². The third kappa shape index (κ3) is 3.16. The highest BCUT2D eigenvalue weighted by molar-refractivity contribution is 8.02. The highest BCUT2D eigenvalue weighted by Gasteiger charge is 2.16. The van der Waals surface area contributed by atoms with Crippen molar-refractivity contribution in [1.29, 1.82) is 0 Å². The summed E-state index contributed by atoms with van der Waals surface area (Å²) in [6.45, 7) is 0. The molecule has 0 saturated carbocycles. The third-order valence-electron chi connectivity index (χ3n) is 3.28. The Morgan fingerprint density at radius 1 is 0.682 bits per heavy atom. The van der Waals surface area contributed by atoms with Crippen molar-refractivity contribution < 1.29 is 0 Å². The van der Waals surface area contributed by atoms with Crippen LogP contribution in [0.2, 0.25) is 0 Å². The topological polar surface area (TPSA) is 9.86 Å². The summed E-state index contributed by atoms with van der Waals surface area (Å²) in [7, 11) is 4.06. The molecule has 22 heavy (non-hydrogen) atoms. The molecule has 5 heteroatoms. The first-order valence-electron chi connectivity index (χ1n) is 6.88. The molecule has 3 rings (SSSR count). The zero-order valence-electron chi connectivity index (χ0n) is 12.4. The first-order chi connectivity index (χ1) is 10.7. The van der Waals surface area contributed by atoms with E-state index in [2.05, 4.69) is 57.7 Å². The normalized spacial score (nSPS) is 10.8. The van der Waals surface area contributed by atoms with Crippen LogP contribution in [-0.4, -0.2) is 9.13 Å². The van der Waals surface area contributed by atoms with Gasteiger partial charge in [-0.05, 0) is 36.5 Å². The first-order valence-corrected chi connectivity index (χ1v) is 8.92. The molecule has 0 aliphatic carbocycles. The maximum absolute atomic E-state index is 5.53. The molecule has 2 aromatic carbocycles. The lowest BCUT2D eigenvalue weighted by atomic mass is 10.4. The standard InChI is InChI=1S/C17H16N2S3/c1-18-15(21-13-9-5-3-6-10-13)16(19(2)17(18)20)22-14-11-7-4-8-12-14/h3-12H,1-2H3. The fraction of sp³-hybridized carbons (Fsp3) is 0.118. The van der Waals surface area contributed by atoms with Crippen LogP contribution in [0.4, 0.5) is 0 Å². The van der Waals surface area contributed by atoms with E-state index < -0.39 is 0 Å². The number of hydrogen-bond acceptors (Lipinski definition) is 3. The Morgan fingerprint density at radius 2 is 1.05 bits per heavy atom. The van der Waals surface area contributed by atoms with Crippen LogP contribution in [0, 0.1) is 4.77 Å². The van der Waals surface area contributed by atoms with Crippen LogP contribution < -0.4 is 0 Å². The number of aromatic nitrogens is 2. The zero-order chi connectivity index (χ0) is 15.5. The minimum Gasteiger partial charge on any atom is -0.314 e. The monoisotopic (exact) mass is 344 g/mol. The maximum Gasteiger partial charge on any atom is 0.181 e. The Balaban J connectivity index is 2.02. The van der Waals surface area contributed by atoms with E-state index in [1.807, 2.05) is 26.2 Å². The molecule has 0 N–H and O–H groups in total. The van der Waals surface area contributed by atoms with Crippen molar-refractivity contribution in [3.63, 3.8) is 0 Å². The molecule has 0 aliphatic heterocycles. The van der Waals surface area contributed by atoms with Crippen LogP contribution in [-0.2, 0) is 14.1 Å². The molecule has 0 radical (unpaired) electrons. The van der Waals surface area contributed by atoms with E-state index >= 15 is 0 Å². The molecule has 2 nitrogen and oxygen atoms in total. The van der Waals surface area contributed by atoms with Gasteiger partial charge in [-0.2, -0.15) is 0 Å². The predicted molar refractivity (Wildman–Crippen MR) is 96.3 cm³/mol. The predicted octanol–water partition coefficient (Wildman–Crippen LogP) is 5.40. The third-order valence-corrected chi connectivity index (χ3v) is 6.30. The molecule has 1 aromatic heterocycles. The number of hydrogen-bond donors (Lipinski definition) is 0. The summed E-state index contributed by atoms with van der Waals surface area (Å²) >= 11 is 9.03. The van der Waals surface area contributed by atoms with Gasteiger partial charge in [0.15, 0.2) is 4.77 Å². The van der Waals surface area contributed by atoms with Gasteiger partial charge >= 0.3 is 0 Å². The lowest BCUT2D eigenvalue weighted by Gasteiger charge is -2.07. The second-order valence-electron chi connectivity index (χ2n) is 4.84. The van der Waals surface area contributed by atoms with Crippen LogP contribution in [0.3, 0.4) is 0 Å². The summed E-state index contributed by atoms with van der Waals surface area (Å²) in [6, 6.07) is 20.8. The zero-order valence-corrected chi connectivity index (χ0v) is 14.8. The van der Waals surface area contributed by atoms with Crippen LogP contribution in [0.5, 0.6) is 0 Å². The second kappa shape index (κ2) is 6.77. The van der Waals surface area contributed by atoms with Crippen LogP contribution in [0.25, 0.3) is 0 Å². The van der Waals surface area contributed by atoms with Gasteiger partial charge in [0.25, 0.3) is 0 Å². The van der Waals surface area contributed by atoms with Crippen molar-refractivity contribution in [3.8, 4) is 0 Å². The Bertz CT molecular complexity index is 752. The molecule has 112 valence electrons. The molecule has 0 aliphatic rings. The number of imidazole rings is 1. The molecule has 1 heterocycles. The fourth-order valence-corrected chi connectivity index (χ4v) is 4.59. The lowest BCUT2D eigenvalue weighted by Crippen LogP contribution is -1.91. The minimum absolute atomic E-state index is 0.830. The van der Waals surface area contributed by atoms with Gasteiger partial charge in [0, 0.05) is 23.9 Å². The Kier molecular flexibility index (Phi) is 4.76. The van der Waals surface area contributed by atoms with Gasteiger partial charge in [-0.15, -0.1) is 0 Å². The van der Waals surface area contributed by atoms with Gasteiger partial charge < -0.3 is 9.13 Å². The van der Waals surface area contributed by atoms with E-state index in [9.17, 15) is 0 Å². The van der Waals surface area contributed by atoms with E-state index in [4.69, 9.17) is 12.2 Å². The molecular weight excluding hydrogens is 328 g/mol. The minimum atomic E-state index is 0.830. The van der Waals surface area contributed by atoms with E-state index in [1.165, 1.54) is 19.8 Å². The summed E-state index contributed by atoms with van der Waals surface area (Å²) in [4.78, 5) is 2.43. The van der Waals surface area contributed by atoms with Gasteiger partial charge in [0.1, 0.15) is 10.1 Å². The highest BCUT2D eigenvalue weighted by Crippen LogP contribution is 2.39. The summed E-state index contributed by atoms with van der Waals surface area (Å²) in [6.07, 6.45) is 0. The van der Waals surface area contributed by atoms with Crippen LogP contribution in [0.15, 0.2) is 80.5 Å². The van der Waals surface area contributed by atoms with Gasteiger partial charge in [-0.25, -0.2) is 0 Å². The number of nitrogens with zero attached hydrogens (tertiary/aromatic N) is 2. The summed E-state index contributed by atoms with van der Waals surface area (Å²) in [5, 5.41) is 2.35. The highest BCUT2D eigenvalue weighted by atomic mass is 32.2. The number of rotatable bonds is 4. The van der Waals surface area contributed by atoms with E-state index in [1.54, 1.807) is 23.5 Å². The molecular formula is C17H16N2S3. The summed E-state index contributed by atoms with van der Waals surface area (Å²) < 4.78 is 4.99. The van der Waals surface area contributed by atoms with Gasteiger partial charge in [-0.3, -0.25) is 0 Å². The largest absolute Gasteiger partial charge is 0.314 e. The molecule has 0 fully saturated rings.